The van der Waals surface area contributed by atoms with Crippen molar-refractivity contribution >= 4 is 5.91 Å². The average Bonchev–Trinajstić information content (AvgIpc) is 2.62. The number of carbonyl (C=O) groups is 1. The van der Waals surface area contributed by atoms with E-state index in [-0.39, 0.29) is 5.91 Å². The lowest BCUT2D eigenvalue weighted by molar-refractivity contribution is 0.0882. The van der Waals surface area contributed by atoms with Crippen LogP contribution in [-0.2, 0) is 0 Å². The van der Waals surface area contributed by atoms with Gasteiger partial charge in [-0.15, -0.1) is 0 Å². The van der Waals surface area contributed by atoms with Gasteiger partial charge in [0.25, 0.3) is 5.91 Å². The topological polar surface area (TPSA) is 44.4 Å². The molecule has 23 heavy (non-hydrogen) atoms. The summed E-state index contributed by atoms with van der Waals surface area (Å²) < 4.78 is 0. The summed E-state index contributed by atoms with van der Waals surface area (Å²) >= 11 is 0. The summed E-state index contributed by atoms with van der Waals surface area (Å²) in [4.78, 5) is 14.9. The molecule has 4 nitrogen and oxygen atoms in total. The van der Waals surface area contributed by atoms with Crippen LogP contribution in [0.2, 0.25) is 0 Å². The van der Waals surface area contributed by atoms with Crippen molar-refractivity contribution in [3.05, 3.63) is 35.9 Å². The van der Waals surface area contributed by atoms with Crippen LogP contribution in [0.1, 0.15) is 42.5 Å². The molecule has 1 aromatic carbocycles. The molecule has 0 spiro atoms. The summed E-state index contributed by atoms with van der Waals surface area (Å²) in [5, 5.41) is 6.59. The second kappa shape index (κ2) is 8.46. The van der Waals surface area contributed by atoms with Crippen molar-refractivity contribution in [1.82, 2.24) is 15.5 Å². The molecule has 126 valence electrons. The van der Waals surface area contributed by atoms with E-state index in [1.54, 1.807) is 0 Å². The molecule has 0 aliphatic carbocycles. The predicted octanol–water partition coefficient (Wildman–Crippen LogP) is 2.27. The summed E-state index contributed by atoms with van der Waals surface area (Å²) in [6.45, 7) is 5.49. The van der Waals surface area contributed by atoms with Crippen LogP contribution in [-0.4, -0.2) is 49.6 Å². The van der Waals surface area contributed by atoms with E-state index < -0.39 is 0 Å². The minimum absolute atomic E-state index is 0.0537. The van der Waals surface area contributed by atoms with Crippen LogP contribution < -0.4 is 10.6 Å². The fraction of sp³-hybridized carbons (Fsp3) is 0.632. The van der Waals surface area contributed by atoms with Gasteiger partial charge < -0.3 is 10.6 Å². The summed E-state index contributed by atoms with van der Waals surface area (Å²) in [6.07, 6.45) is 6.38. The SMILES string of the molecule is O=C(NCC1CCCCN1CC1CCNCC1)c1ccccc1. The third-order valence-electron chi connectivity index (χ3n) is 5.23. The Labute approximate surface area is 139 Å². The van der Waals surface area contributed by atoms with E-state index in [0.717, 1.165) is 31.1 Å². The van der Waals surface area contributed by atoms with E-state index in [4.69, 9.17) is 0 Å². The molecule has 1 unspecified atom stereocenters. The smallest absolute Gasteiger partial charge is 0.251 e. The first-order chi connectivity index (χ1) is 11.3. The zero-order valence-electron chi connectivity index (χ0n) is 14.0. The molecule has 2 fully saturated rings. The maximum atomic E-state index is 12.2. The molecule has 4 heteroatoms. The van der Waals surface area contributed by atoms with Gasteiger partial charge in [-0.3, -0.25) is 9.69 Å². The summed E-state index contributed by atoms with van der Waals surface area (Å²) in [6, 6.07) is 10.0. The summed E-state index contributed by atoms with van der Waals surface area (Å²) in [5.74, 6) is 0.875. The molecular weight excluding hydrogens is 286 g/mol. The van der Waals surface area contributed by atoms with Crippen molar-refractivity contribution in [3.8, 4) is 0 Å². The summed E-state index contributed by atoms with van der Waals surface area (Å²) in [7, 11) is 0. The van der Waals surface area contributed by atoms with E-state index in [1.807, 2.05) is 30.3 Å². The molecule has 2 saturated heterocycles. The van der Waals surface area contributed by atoms with Crippen molar-refractivity contribution in [2.24, 2.45) is 5.92 Å². The predicted molar refractivity (Wildman–Crippen MR) is 93.6 cm³/mol. The molecule has 2 N–H and O–H groups in total. The maximum Gasteiger partial charge on any atom is 0.251 e. The van der Waals surface area contributed by atoms with Crippen LogP contribution in [0.25, 0.3) is 0 Å². The van der Waals surface area contributed by atoms with Crippen LogP contribution in [0.3, 0.4) is 0 Å². The molecule has 1 atom stereocenters. The van der Waals surface area contributed by atoms with Gasteiger partial charge in [0.2, 0.25) is 0 Å². The molecule has 0 bridgehead atoms. The third-order valence-corrected chi connectivity index (χ3v) is 5.23. The number of nitrogens with one attached hydrogen (secondary N) is 2. The van der Waals surface area contributed by atoms with Gasteiger partial charge in [-0.05, 0) is 63.4 Å². The zero-order valence-corrected chi connectivity index (χ0v) is 14.0. The number of carbonyl (C=O) groups excluding carboxylic acids is 1. The number of amides is 1. The lowest BCUT2D eigenvalue weighted by atomic mass is 9.94. The number of hydrogen-bond acceptors (Lipinski definition) is 3. The third kappa shape index (κ3) is 4.79. The largest absolute Gasteiger partial charge is 0.350 e. The van der Waals surface area contributed by atoms with Crippen molar-refractivity contribution < 1.29 is 4.79 Å². The van der Waals surface area contributed by atoms with Crippen molar-refractivity contribution in [3.63, 3.8) is 0 Å². The highest BCUT2D eigenvalue weighted by Gasteiger charge is 2.26. The highest BCUT2D eigenvalue weighted by molar-refractivity contribution is 5.94. The lowest BCUT2D eigenvalue weighted by Crippen LogP contribution is -2.49. The maximum absolute atomic E-state index is 12.2. The van der Waals surface area contributed by atoms with Crippen LogP contribution in [0.15, 0.2) is 30.3 Å². The van der Waals surface area contributed by atoms with E-state index in [0.29, 0.717) is 6.04 Å². The van der Waals surface area contributed by atoms with Gasteiger partial charge in [-0.1, -0.05) is 24.6 Å². The standard InChI is InChI=1S/C19H29N3O/c23-19(17-6-2-1-3-7-17)21-14-18-8-4-5-13-22(18)15-16-9-11-20-12-10-16/h1-3,6-7,16,18,20H,4-5,8-15H2,(H,21,23). The average molecular weight is 315 g/mol. The minimum atomic E-state index is 0.0537. The summed E-state index contributed by atoms with van der Waals surface area (Å²) in [5.41, 5.74) is 0.758. The fourth-order valence-electron chi connectivity index (χ4n) is 3.83. The van der Waals surface area contributed by atoms with Crippen molar-refractivity contribution in [1.29, 1.82) is 0 Å². The molecule has 2 aliphatic rings. The second-order valence-electron chi connectivity index (χ2n) is 6.91. The Kier molecular flexibility index (Phi) is 6.06. The number of piperidine rings is 2. The first-order valence-corrected chi connectivity index (χ1v) is 9.11. The Morgan fingerprint density at radius 2 is 1.91 bits per heavy atom. The Balaban J connectivity index is 1.51. The fourth-order valence-corrected chi connectivity index (χ4v) is 3.83. The highest BCUT2D eigenvalue weighted by atomic mass is 16.1. The molecule has 1 amide bonds. The lowest BCUT2D eigenvalue weighted by Gasteiger charge is -2.39. The van der Waals surface area contributed by atoms with Crippen LogP contribution in [0, 0.1) is 5.92 Å². The molecule has 0 saturated carbocycles. The zero-order chi connectivity index (χ0) is 15.9. The van der Waals surface area contributed by atoms with Crippen LogP contribution in [0.5, 0.6) is 0 Å². The quantitative estimate of drug-likeness (QED) is 0.876. The van der Waals surface area contributed by atoms with Gasteiger partial charge in [0.1, 0.15) is 0 Å². The molecule has 3 rings (SSSR count). The van der Waals surface area contributed by atoms with Gasteiger partial charge >= 0.3 is 0 Å². The Morgan fingerprint density at radius 1 is 1.13 bits per heavy atom. The van der Waals surface area contributed by atoms with Crippen molar-refractivity contribution in [2.75, 3.05) is 32.7 Å². The molecule has 0 aromatic heterocycles. The van der Waals surface area contributed by atoms with Gasteiger partial charge in [0.15, 0.2) is 0 Å². The van der Waals surface area contributed by atoms with Gasteiger partial charge in [0, 0.05) is 24.7 Å². The normalized spacial score (nSPS) is 23.6. The first-order valence-electron chi connectivity index (χ1n) is 9.11. The van der Waals surface area contributed by atoms with Crippen LogP contribution in [0.4, 0.5) is 0 Å². The van der Waals surface area contributed by atoms with Crippen molar-refractivity contribution in [2.45, 2.75) is 38.1 Å². The Bertz CT molecular complexity index is 485. The van der Waals surface area contributed by atoms with E-state index in [9.17, 15) is 4.79 Å². The first kappa shape index (κ1) is 16.5. The van der Waals surface area contributed by atoms with E-state index in [1.165, 1.54) is 45.2 Å². The number of benzene rings is 1. The van der Waals surface area contributed by atoms with Gasteiger partial charge in [-0.2, -0.15) is 0 Å². The monoisotopic (exact) mass is 315 g/mol. The molecule has 2 aliphatic heterocycles. The van der Waals surface area contributed by atoms with Gasteiger partial charge in [0.05, 0.1) is 0 Å². The molecule has 0 radical (unpaired) electrons. The van der Waals surface area contributed by atoms with Crippen LogP contribution >= 0.6 is 0 Å². The molecule has 1 aromatic rings. The minimum Gasteiger partial charge on any atom is -0.350 e. The number of likely N-dealkylation sites (tertiary alicyclic amines) is 1. The molecule has 2 heterocycles. The number of nitrogens with zero attached hydrogens (tertiary/aromatic N) is 1. The number of rotatable bonds is 5. The number of hydrogen-bond donors (Lipinski definition) is 2. The second-order valence-corrected chi connectivity index (χ2v) is 6.91. The van der Waals surface area contributed by atoms with Gasteiger partial charge in [-0.25, -0.2) is 0 Å². The Morgan fingerprint density at radius 3 is 2.70 bits per heavy atom. The van der Waals surface area contributed by atoms with E-state index >= 15 is 0 Å². The molecular formula is C19H29N3O. The highest BCUT2D eigenvalue weighted by Crippen LogP contribution is 2.21. The van der Waals surface area contributed by atoms with E-state index in [2.05, 4.69) is 15.5 Å². The Hall–Kier alpha value is -1.39.